The van der Waals surface area contributed by atoms with E-state index in [2.05, 4.69) is 18.3 Å². The molecule has 1 unspecified atom stereocenters. The number of methoxy groups -OCH3 is 1. The SMILES string of the molecule is CCCNC(CC1=CCCCC1)c1ccc(OC)cc1F. The van der Waals surface area contributed by atoms with Crippen molar-refractivity contribution in [1.82, 2.24) is 5.32 Å². The highest BCUT2D eigenvalue weighted by Gasteiger charge is 2.18. The van der Waals surface area contributed by atoms with Crippen molar-refractivity contribution < 1.29 is 9.13 Å². The number of nitrogens with one attached hydrogen (secondary N) is 1. The summed E-state index contributed by atoms with van der Waals surface area (Å²) in [5.74, 6) is 0.390. The number of hydrogen-bond donors (Lipinski definition) is 1. The molecule has 0 amide bonds. The van der Waals surface area contributed by atoms with E-state index in [1.54, 1.807) is 7.11 Å². The zero-order valence-electron chi connectivity index (χ0n) is 13.1. The summed E-state index contributed by atoms with van der Waals surface area (Å²) < 4.78 is 19.4. The molecule has 21 heavy (non-hydrogen) atoms. The van der Waals surface area contributed by atoms with E-state index in [0.29, 0.717) is 5.75 Å². The Kier molecular flexibility index (Phi) is 6.24. The lowest BCUT2D eigenvalue weighted by Gasteiger charge is -2.23. The lowest BCUT2D eigenvalue weighted by molar-refractivity contribution is 0.408. The Morgan fingerprint density at radius 2 is 2.19 bits per heavy atom. The summed E-state index contributed by atoms with van der Waals surface area (Å²) in [5, 5.41) is 3.49. The molecular weight excluding hydrogens is 265 g/mol. The largest absolute Gasteiger partial charge is 0.497 e. The molecule has 1 aliphatic carbocycles. The number of benzene rings is 1. The number of rotatable bonds is 7. The van der Waals surface area contributed by atoms with E-state index in [1.807, 2.05) is 12.1 Å². The number of halogens is 1. The van der Waals surface area contributed by atoms with Crippen LogP contribution in [0.3, 0.4) is 0 Å². The Labute approximate surface area is 127 Å². The fraction of sp³-hybridized carbons (Fsp3) is 0.556. The van der Waals surface area contributed by atoms with Crippen molar-refractivity contribution in [3.63, 3.8) is 0 Å². The number of hydrogen-bond acceptors (Lipinski definition) is 2. The van der Waals surface area contributed by atoms with E-state index in [0.717, 1.165) is 31.4 Å². The van der Waals surface area contributed by atoms with Gasteiger partial charge in [0.25, 0.3) is 0 Å². The van der Waals surface area contributed by atoms with Crippen LogP contribution in [0.4, 0.5) is 4.39 Å². The Morgan fingerprint density at radius 1 is 1.33 bits per heavy atom. The Morgan fingerprint density at radius 3 is 2.81 bits per heavy atom. The summed E-state index contributed by atoms with van der Waals surface area (Å²) in [4.78, 5) is 0. The fourth-order valence-corrected chi connectivity index (χ4v) is 2.88. The highest BCUT2D eigenvalue weighted by atomic mass is 19.1. The monoisotopic (exact) mass is 291 g/mol. The van der Waals surface area contributed by atoms with Gasteiger partial charge in [0.2, 0.25) is 0 Å². The van der Waals surface area contributed by atoms with Crippen LogP contribution in [-0.4, -0.2) is 13.7 Å². The van der Waals surface area contributed by atoms with Crippen molar-refractivity contribution in [2.24, 2.45) is 0 Å². The molecule has 0 radical (unpaired) electrons. The third kappa shape index (κ3) is 4.57. The molecule has 0 aromatic heterocycles. The van der Waals surface area contributed by atoms with Gasteiger partial charge in [0.15, 0.2) is 0 Å². The summed E-state index contributed by atoms with van der Waals surface area (Å²) >= 11 is 0. The predicted octanol–water partition coefficient (Wildman–Crippen LogP) is 4.77. The molecule has 0 fully saturated rings. The molecule has 0 aliphatic heterocycles. The van der Waals surface area contributed by atoms with E-state index in [-0.39, 0.29) is 11.9 Å². The molecule has 1 atom stereocenters. The van der Waals surface area contributed by atoms with Crippen molar-refractivity contribution in [1.29, 1.82) is 0 Å². The van der Waals surface area contributed by atoms with Crippen LogP contribution in [0.1, 0.15) is 57.1 Å². The zero-order valence-corrected chi connectivity index (χ0v) is 13.1. The molecular formula is C18H26FNO. The highest BCUT2D eigenvalue weighted by molar-refractivity contribution is 5.31. The molecule has 0 saturated carbocycles. The molecule has 0 spiro atoms. The maximum absolute atomic E-state index is 14.3. The molecule has 1 aliphatic rings. The minimum atomic E-state index is -0.181. The number of ether oxygens (including phenoxy) is 1. The predicted molar refractivity (Wildman–Crippen MR) is 85.2 cm³/mol. The molecule has 116 valence electrons. The lowest BCUT2D eigenvalue weighted by Crippen LogP contribution is -2.24. The van der Waals surface area contributed by atoms with E-state index in [4.69, 9.17) is 4.74 Å². The summed E-state index contributed by atoms with van der Waals surface area (Å²) in [6.07, 6.45) is 9.16. The average molecular weight is 291 g/mol. The topological polar surface area (TPSA) is 21.3 Å². The van der Waals surface area contributed by atoms with Gasteiger partial charge in [-0.2, -0.15) is 0 Å². The molecule has 0 bridgehead atoms. The van der Waals surface area contributed by atoms with Crippen LogP contribution in [0.5, 0.6) is 5.75 Å². The quantitative estimate of drug-likeness (QED) is 0.731. The lowest BCUT2D eigenvalue weighted by atomic mass is 9.91. The highest BCUT2D eigenvalue weighted by Crippen LogP contribution is 2.30. The van der Waals surface area contributed by atoms with Crippen LogP contribution in [0.25, 0.3) is 0 Å². The van der Waals surface area contributed by atoms with Gasteiger partial charge in [0.05, 0.1) is 7.11 Å². The molecule has 0 heterocycles. The van der Waals surface area contributed by atoms with Gasteiger partial charge in [-0.25, -0.2) is 4.39 Å². The van der Waals surface area contributed by atoms with Gasteiger partial charge in [-0.15, -0.1) is 0 Å². The average Bonchev–Trinajstić information content (AvgIpc) is 2.52. The summed E-state index contributed by atoms with van der Waals surface area (Å²) in [6, 6.07) is 5.23. The second-order valence-electron chi connectivity index (χ2n) is 5.71. The minimum Gasteiger partial charge on any atom is -0.497 e. The van der Waals surface area contributed by atoms with Gasteiger partial charge in [-0.3, -0.25) is 0 Å². The van der Waals surface area contributed by atoms with Crippen molar-refractivity contribution in [3.05, 3.63) is 41.2 Å². The molecule has 0 saturated heterocycles. The smallest absolute Gasteiger partial charge is 0.131 e. The normalized spacial score (nSPS) is 16.4. The maximum Gasteiger partial charge on any atom is 0.131 e. The first kappa shape index (κ1) is 16.0. The van der Waals surface area contributed by atoms with E-state index >= 15 is 0 Å². The second kappa shape index (κ2) is 8.18. The van der Waals surface area contributed by atoms with Gasteiger partial charge >= 0.3 is 0 Å². The van der Waals surface area contributed by atoms with Crippen LogP contribution in [-0.2, 0) is 0 Å². The molecule has 2 nitrogen and oxygen atoms in total. The first-order chi connectivity index (χ1) is 10.2. The fourth-order valence-electron chi connectivity index (χ4n) is 2.88. The van der Waals surface area contributed by atoms with Crippen molar-refractivity contribution in [3.8, 4) is 5.75 Å². The van der Waals surface area contributed by atoms with E-state index in [1.165, 1.54) is 30.9 Å². The second-order valence-corrected chi connectivity index (χ2v) is 5.71. The van der Waals surface area contributed by atoms with Gasteiger partial charge in [-0.1, -0.05) is 24.6 Å². The Balaban J connectivity index is 2.16. The van der Waals surface area contributed by atoms with Crippen molar-refractivity contribution in [2.45, 2.75) is 51.5 Å². The molecule has 1 aromatic carbocycles. The molecule has 3 heteroatoms. The standard InChI is InChI=1S/C18H26FNO/c1-3-11-20-18(12-14-7-5-4-6-8-14)16-10-9-15(21-2)13-17(16)19/h7,9-10,13,18,20H,3-6,8,11-12H2,1-2H3. The van der Waals surface area contributed by atoms with Gasteiger partial charge < -0.3 is 10.1 Å². The first-order valence-electron chi connectivity index (χ1n) is 7.99. The zero-order chi connectivity index (χ0) is 15.1. The third-order valence-corrected chi connectivity index (χ3v) is 4.08. The molecule has 1 N–H and O–H groups in total. The summed E-state index contributed by atoms with van der Waals surface area (Å²) in [7, 11) is 1.56. The molecule has 1 aromatic rings. The van der Waals surface area contributed by atoms with E-state index < -0.39 is 0 Å². The van der Waals surface area contributed by atoms with Crippen LogP contribution in [0.2, 0.25) is 0 Å². The maximum atomic E-state index is 14.3. The Bertz CT molecular complexity index is 484. The van der Waals surface area contributed by atoms with Crippen molar-refractivity contribution in [2.75, 3.05) is 13.7 Å². The molecule has 2 rings (SSSR count). The van der Waals surface area contributed by atoms with E-state index in [9.17, 15) is 4.39 Å². The summed E-state index contributed by atoms with van der Waals surface area (Å²) in [5.41, 5.74) is 2.21. The number of allylic oxidation sites excluding steroid dienone is 1. The van der Waals surface area contributed by atoms with Crippen LogP contribution in [0, 0.1) is 5.82 Å². The van der Waals surface area contributed by atoms with Gasteiger partial charge in [0, 0.05) is 17.7 Å². The Hall–Kier alpha value is -1.35. The summed E-state index contributed by atoms with van der Waals surface area (Å²) in [6.45, 7) is 3.04. The van der Waals surface area contributed by atoms with Crippen LogP contribution in [0.15, 0.2) is 29.8 Å². The first-order valence-corrected chi connectivity index (χ1v) is 7.99. The van der Waals surface area contributed by atoms with Crippen LogP contribution >= 0.6 is 0 Å². The van der Waals surface area contributed by atoms with Crippen LogP contribution < -0.4 is 10.1 Å². The van der Waals surface area contributed by atoms with Crippen molar-refractivity contribution >= 4 is 0 Å². The minimum absolute atomic E-state index is 0.0557. The third-order valence-electron chi connectivity index (χ3n) is 4.08. The van der Waals surface area contributed by atoms with Gasteiger partial charge in [0.1, 0.15) is 11.6 Å². The van der Waals surface area contributed by atoms with Gasteiger partial charge in [-0.05, 0) is 51.1 Å².